The summed E-state index contributed by atoms with van der Waals surface area (Å²) in [6.07, 6.45) is 0. The first kappa shape index (κ1) is 16.3. The van der Waals surface area contributed by atoms with Crippen molar-refractivity contribution in [2.45, 2.75) is 19.4 Å². The second-order valence-corrected chi connectivity index (χ2v) is 6.00. The van der Waals surface area contributed by atoms with Gasteiger partial charge in [0.05, 0.1) is 0 Å². The van der Waals surface area contributed by atoms with Crippen LogP contribution in [0.15, 0.2) is 78.9 Å². The summed E-state index contributed by atoms with van der Waals surface area (Å²) in [4.78, 5) is 0. The van der Waals surface area contributed by atoms with Gasteiger partial charge in [0.15, 0.2) is 0 Å². The third-order valence-electron chi connectivity index (χ3n) is 4.19. The molecule has 1 unspecified atom stereocenters. The van der Waals surface area contributed by atoms with Crippen LogP contribution in [0.3, 0.4) is 0 Å². The summed E-state index contributed by atoms with van der Waals surface area (Å²) in [5.41, 5.74) is 4.64. The largest absolute Gasteiger partial charge is 0.489 e. The first-order valence-electron chi connectivity index (χ1n) is 8.24. The van der Waals surface area contributed by atoms with Gasteiger partial charge >= 0.3 is 0 Å². The molecule has 0 spiro atoms. The zero-order valence-corrected chi connectivity index (χ0v) is 13.9. The molecular weight excluding hydrogens is 296 g/mol. The van der Waals surface area contributed by atoms with Gasteiger partial charge in [-0.25, -0.2) is 0 Å². The molecule has 0 aliphatic carbocycles. The van der Waals surface area contributed by atoms with Crippen LogP contribution < -0.4 is 4.74 Å². The number of hydrogen-bond acceptors (Lipinski definition) is 2. The van der Waals surface area contributed by atoms with Gasteiger partial charge in [-0.3, -0.25) is 0 Å². The molecule has 3 rings (SSSR count). The maximum Gasteiger partial charge on any atom is 0.119 e. The first-order valence-corrected chi connectivity index (χ1v) is 8.24. The van der Waals surface area contributed by atoms with E-state index in [1.165, 1.54) is 5.56 Å². The van der Waals surface area contributed by atoms with Gasteiger partial charge < -0.3 is 9.84 Å². The van der Waals surface area contributed by atoms with Crippen molar-refractivity contribution in [1.29, 1.82) is 0 Å². The van der Waals surface area contributed by atoms with Crippen LogP contribution in [0.5, 0.6) is 5.75 Å². The van der Waals surface area contributed by atoms with E-state index in [1.54, 1.807) is 0 Å². The minimum Gasteiger partial charge on any atom is -0.489 e. The zero-order chi connectivity index (χ0) is 16.8. The van der Waals surface area contributed by atoms with Gasteiger partial charge in [-0.1, -0.05) is 73.7 Å². The van der Waals surface area contributed by atoms with Crippen LogP contribution in [0.25, 0.3) is 11.1 Å². The van der Waals surface area contributed by atoms with E-state index in [0.29, 0.717) is 6.61 Å². The molecule has 0 saturated heterocycles. The Bertz CT molecular complexity index is 746. The summed E-state index contributed by atoms with van der Waals surface area (Å²) < 4.78 is 5.82. The molecule has 3 aromatic carbocycles. The SMILES string of the molecule is CC(CO)c1ccc(-c2ccc(OCc3ccccc3)cc2)cc1. The third kappa shape index (κ3) is 4.03. The molecule has 1 N–H and O–H groups in total. The van der Waals surface area contributed by atoms with Crippen LogP contribution in [0, 0.1) is 0 Å². The lowest BCUT2D eigenvalue weighted by Crippen LogP contribution is -1.98. The molecule has 0 saturated carbocycles. The molecule has 3 aromatic rings. The maximum absolute atomic E-state index is 9.22. The summed E-state index contributed by atoms with van der Waals surface area (Å²) in [6.45, 7) is 2.77. The van der Waals surface area contributed by atoms with Gasteiger partial charge in [-0.05, 0) is 34.4 Å². The Labute approximate surface area is 143 Å². The zero-order valence-electron chi connectivity index (χ0n) is 13.9. The summed E-state index contributed by atoms with van der Waals surface area (Å²) in [7, 11) is 0. The fourth-order valence-corrected chi connectivity index (χ4v) is 2.59. The predicted molar refractivity (Wildman–Crippen MR) is 98.2 cm³/mol. The molecule has 0 aliphatic heterocycles. The van der Waals surface area contributed by atoms with Gasteiger partial charge in [-0.2, -0.15) is 0 Å². The van der Waals surface area contributed by atoms with Crippen molar-refractivity contribution in [1.82, 2.24) is 0 Å². The molecule has 0 amide bonds. The third-order valence-corrected chi connectivity index (χ3v) is 4.19. The van der Waals surface area contributed by atoms with E-state index in [9.17, 15) is 5.11 Å². The van der Waals surface area contributed by atoms with Gasteiger partial charge in [-0.15, -0.1) is 0 Å². The molecule has 2 nitrogen and oxygen atoms in total. The van der Waals surface area contributed by atoms with Crippen molar-refractivity contribution in [2.75, 3.05) is 6.61 Å². The Morgan fingerprint density at radius 3 is 1.96 bits per heavy atom. The van der Waals surface area contributed by atoms with Crippen LogP contribution >= 0.6 is 0 Å². The van der Waals surface area contributed by atoms with E-state index < -0.39 is 0 Å². The molecule has 0 radical (unpaired) electrons. The minimum atomic E-state index is 0.173. The number of aliphatic hydroxyl groups is 1. The summed E-state index contributed by atoms with van der Waals surface area (Å²) in [6, 6.07) is 26.7. The van der Waals surface area contributed by atoms with E-state index in [1.807, 2.05) is 37.3 Å². The second kappa shape index (κ2) is 7.80. The van der Waals surface area contributed by atoms with E-state index in [2.05, 4.69) is 48.5 Å². The summed E-state index contributed by atoms with van der Waals surface area (Å²) in [5, 5.41) is 9.22. The average Bonchev–Trinajstić information content (AvgIpc) is 2.67. The van der Waals surface area contributed by atoms with E-state index in [-0.39, 0.29) is 12.5 Å². The molecule has 0 aromatic heterocycles. The molecule has 24 heavy (non-hydrogen) atoms. The highest BCUT2D eigenvalue weighted by molar-refractivity contribution is 5.64. The summed E-state index contributed by atoms with van der Waals surface area (Å²) >= 11 is 0. The minimum absolute atomic E-state index is 0.173. The predicted octanol–water partition coefficient (Wildman–Crippen LogP) is 5.03. The van der Waals surface area contributed by atoms with Gasteiger partial charge in [0.25, 0.3) is 0 Å². The van der Waals surface area contributed by atoms with Crippen molar-refractivity contribution in [3.8, 4) is 16.9 Å². The fourth-order valence-electron chi connectivity index (χ4n) is 2.59. The summed E-state index contributed by atoms with van der Waals surface area (Å²) in [5.74, 6) is 1.04. The molecule has 122 valence electrons. The highest BCUT2D eigenvalue weighted by atomic mass is 16.5. The normalized spacial score (nSPS) is 11.9. The van der Waals surface area contributed by atoms with Gasteiger partial charge in [0.2, 0.25) is 0 Å². The van der Waals surface area contributed by atoms with Crippen LogP contribution in [-0.4, -0.2) is 11.7 Å². The van der Waals surface area contributed by atoms with Crippen LogP contribution in [0.2, 0.25) is 0 Å². The van der Waals surface area contributed by atoms with Crippen molar-refractivity contribution >= 4 is 0 Å². The smallest absolute Gasteiger partial charge is 0.119 e. The van der Waals surface area contributed by atoms with Gasteiger partial charge in [0.1, 0.15) is 12.4 Å². The van der Waals surface area contributed by atoms with E-state index >= 15 is 0 Å². The highest BCUT2D eigenvalue weighted by Crippen LogP contribution is 2.25. The number of benzene rings is 3. The standard InChI is InChI=1S/C22H22O2/c1-17(15-23)19-7-9-20(10-8-19)21-11-13-22(14-12-21)24-16-18-5-3-2-4-6-18/h2-14,17,23H,15-16H2,1H3. The van der Waals surface area contributed by atoms with Gasteiger partial charge in [0, 0.05) is 12.5 Å². The fraction of sp³-hybridized carbons (Fsp3) is 0.182. The van der Waals surface area contributed by atoms with E-state index in [0.717, 1.165) is 22.4 Å². The lowest BCUT2D eigenvalue weighted by atomic mass is 9.98. The van der Waals surface area contributed by atoms with Crippen molar-refractivity contribution in [3.05, 3.63) is 90.0 Å². The molecule has 0 aliphatic rings. The quantitative estimate of drug-likeness (QED) is 0.691. The van der Waals surface area contributed by atoms with Crippen molar-refractivity contribution in [2.24, 2.45) is 0 Å². The topological polar surface area (TPSA) is 29.5 Å². The molecule has 0 bridgehead atoms. The van der Waals surface area contributed by atoms with Crippen LogP contribution in [0.1, 0.15) is 24.0 Å². The maximum atomic E-state index is 9.22. The Kier molecular flexibility index (Phi) is 5.29. The lowest BCUT2D eigenvalue weighted by Gasteiger charge is -2.10. The molecule has 0 fully saturated rings. The Balaban J connectivity index is 1.65. The van der Waals surface area contributed by atoms with Crippen molar-refractivity contribution < 1.29 is 9.84 Å². The number of hydrogen-bond donors (Lipinski definition) is 1. The monoisotopic (exact) mass is 318 g/mol. The second-order valence-electron chi connectivity index (χ2n) is 6.00. The molecule has 2 heteroatoms. The van der Waals surface area contributed by atoms with Crippen LogP contribution in [0.4, 0.5) is 0 Å². The number of aliphatic hydroxyl groups excluding tert-OH is 1. The molecule has 1 atom stereocenters. The van der Waals surface area contributed by atoms with Crippen LogP contribution in [-0.2, 0) is 6.61 Å². The molecular formula is C22H22O2. The Morgan fingerprint density at radius 1 is 0.792 bits per heavy atom. The molecule has 0 heterocycles. The average molecular weight is 318 g/mol. The lowest BCUT2D eigenvalue weighted by molar-refractivity contribution is 0.273. The highest BCUT2D eigenvalue weighted by Gasteiger charge is 2.04. The Morgan fingerprint density at radius 2 is 1.38 bits per heavy atom. The Hall–Kier alpha value is -2.58. The number of ether oxygens (including phenoxy) is 1. The number of rotatable bonds is 6. The van der Waals surface area contributed by atoms with Crippen molar-refractivity contribution in [3.63, 3.8) is 0 Å². The first-order chi connectivity index (χ1) is 11.8. The van der Waals surface area contributed by atoms with E-state index in [4.69, 9.17) is 4.74 Å².